The van der Waals surface area contributed by atoms with Gasteiger partial charge in [0.1, 0.15) is 11.7 Å². The van der Waals surface area contributed by atoms with Crippen molar-refractivity contribution in [1.82, 2.24) is 9.55 Å². The third-order valence-corrected chi connectivity index (χ3v) is 3.66. The number of nitrogens with zero attached hydrogens (tertiary/aromatic N) is 1. The van der Waals surface area contributed by atoms with Crippen molar-refractivity contribution in [1.29, 1.82) is 0 Å². The molecule has 3 N–H and O–H groups in total. The first kappa shape index (κ1) is 13.9. The van der Waals surface area contributed by atoms with E-state index in [0.717, 1.165) is 26.1 Å². The molecule has 0 aromatic carbocycles. The molecule has 1 aromatic heterocycles. The van der Waals surface area contributed by atoms with Gasteiger partial charge in [0.25, 0.3) is 5.56 Å². The highest BCUT2D eigenvalue weighted by atomic mass is 19.1. The van der Waals surface area contributed by atoms with Gasteiger partial charge in [-0.15, -0.1) is 0 Å². The van der Waals surface area contributed by atoms with E-state index in [9.17, 15) is 19.1 Å². The van der Waals surface area contributed by atoms with Crippen LogP contribution in [0.3, 0.4) is 0 Å². The normalized spacial score (nSPS) is 38.6. The molecular weight excluding hydrogens is 259 g/mol. The van der Waals surface area contributed by atoms with E-state index in [4.69, 9.17) is 9.84 Å². The first-order valence-corrected chi connectivity index (χ1v) is 5.71. The Bertz CT molecular complexity index is 563. The summed E-state index contributed by atoms with van der Waals surface area (Å²) in [6.45, 7) is 1.53. The lowest BCUT2D eigenvalue weighted by molar-refractivity contribution is -0.0892. The van der Waals surface area contributed by atoms with Crippen LogP contribution in [0.25, 0.3) is 0 Å². The van der Waals surface area contributed by atoms with Gasteiger partial charge >= 0.3 is 5.69 Å². The molecule has 2 heterocycles. The Morgan fingerprint density at radius 2 is 2.16 bits per heavy atom. The highest BCUT2D eigenvalue weighted by molar-refractivity contribution is 5.09. The van der Waals surface area contributed by atoms with Crippen LogP contribution in [-0.2, 0) is 4.74 Å². The number of nitrogens with one attached hydrogen (secondary N) is 1. The summed E-state index contributed by atoms with van der Waals surface area (Å²) in [4.78, 5) is 25.5. The summed E-state index contributed by atoms with van der Waals surface area (Å²) in [5.41, 5.74) is -6.06. The number of hydrogen-bond donors (Lipinski definition) is 3. The van der Waals surface area contributed by atoms with E-state index in [2.05, 4.69) is 4.98 Å². The Kier molecular flexibility index (Phi) is 3.12. The summed E-state index contributed by atoms with van der Waals surface area (Å²) in [5.74, 6) is 0. The number of halogens is 1. The molecule has 19 heavy (non-hydrogen) atoms. The highest BCUT2D eigenvalue weighted by Gasteiger charge is 2.63. The zero-order chi connectivity index (χ0) is 14.4. The van der Waals surface area contributed by atoms with Crippen LogP contribution < -0.4 is 11.2 Å². The summed E-state index contributed by atoms with van der Waals surface area (Å²) in [6.07, 6.45) is -1.72. The van der Waals surface area contributed by atoms with Crippen molar-refractivity contribution in [2.75, 3.05) is 6.61 Å². The summed E-state index contributed by atoms with van der Waals surface area (Å²) < 4.78 is 20.4. The van der Waals surface area contributed by atoms with E-state index in [1.54, 1.807) is 0 Å². The molecule has 106 valence electrons. The molecule has 4 atom stereocenters. The lowest BCUT2D eigenvalue weighted by Crippen LogP contribution is -2.53. The second-order valence-corrected chi connectivity index (χ2v) is 4.87. The van der Waals surface area contributed by atoms with Crippen molar-refractivity contribution < 1.29 is 19.3 Å². The van der Waals surface area contributed by atoms with Crippen LogP contribution in [0.4, 0.5) is 4.39 Å². The molecule has 2 rings (SSSR count). The van der Waals surface area contributed by atoms with E-state index in [1.165, 1.54) is 0 Å². The summed E-state index contributed by atoms with van der Waals surface area (Å²) in [7, 11) is 0. The second-order valence-electron chi connectivity index (χ2n) is 4.87. The fraction of sp³-hybridized carbons (Fsp3) is 0.636. The molecule has 1 aromatic rings. The second kappa shape index (κ2) is 4.26. The number of H-pyrrole nitrogens is 1. The maximum absolute atomic E-state index is 14.7. The van der Waals surface area contributed by atoms with Crippen LogP contribution in [0.15, 0.2) is 21.9 Å². The lowest BCUT2D eigenvalue weighted by Gasteiger charge is -2.32. The van der Waals surface area contributed by atoms with Crippen molar-refractivity contribution in [3.63, 3.8) is 0 Å². The molecule has 0 amide bonds. The fourth-order valence-corrected chi connectivity index (χ4v) is 2.16. The number of ether oxygens (including phenoxy) is 1. The average molecular weight is 274 g/mol. The third-order valence-electron chi connectivity index (χ3n) is 3.66. The molecule has 0 spiro atoms. The Labute approximate surface area is 107 Å². The van der Waals surface area contributed by atoms with Crippen LogP contribution in [0.2, 0.25) is 0 Å². The van der Waals surface area contributed by atoms with Gasteiger partial charge in [0.15, 0.2) is 11.9 Å². The maximum Gasteiger partial charge on any atom is 0.330 e. The largest absolute Gasteiger partial charge is 0.394 e. The summed E-state index contributed by atoms with van der Waals surface area (Å²) in [5, 5.41) is 19.2. The third kappa shape index (κ3) is 1.83. The van der Waals surface area contributed by atoms with Crippen molar-refractivity contribution in [2.24, 2.45) is 0 Å². The molecule has 1 saturated heterocycles. The SMILES string of the molecule is C[C@]1(F)[C@H](n2c(=O)cc[nH]c2=O)O[C@H](CO)[C@@]1(C)O. The molecule has 0 radical (unpaired) electrons. The van der Waals surface area contributed by atoms with E-state index >= 15 is 0 Å². The van der Waals surface area contributed by atoms with Gasteiger partial charge in [-0.25, -0.2) is 13.8 Å². The Balaban J connectivity index is 2.59. The summed E-state index contributed by atoms with van der Waals surface area (Å²) >= 11 is 0. The number of aliphatic hydroxyl groups is 2. The number of hydrogen-bond acceptors (Lipinski definition) is 5. The predicted molar refractivity (Wildman–Crippen MR) is 62.5 cm³/mol. The van der Waals surface area contributed by atoms with Crippen LogP contribution in [0, 0.1) is 0 Å². The van der Waals surface area contributed by atoms with Gasteiger partial charge in [-0.2, -0.15) is 0 Å². The summed E-state index contributed by atoms with van der Waals surface area (Å²) in [6, 6.07) is 1.04. The van der Waals surface area contributed by atoms with Gasteiger partial charge in [-0.3, -0.25) is 4.79 Å². The Morgan fingerprint density at radius 1 is 1.53 bits per heavy atom. The monoisotopic (exact) mass is 274 g/mol. The van der Waals surface area contributed by atoms with Crippen LogP contribution in [0.5, 0.6) is 0 Å². The van der Waals surface area contributed by atoms with Gasteiger partial charge in [0, 0.05) is 12.3 Å². The van der Waals surface area contributed by atoms with Crippen molar-refractivity contribution >= 4 is 0 Å². The zero-order valence-electron chi connectivity index (χ0n) is 10.5. The van der Waals surface area contributed by atoms with Gasteiger partial charge in [0.05, 0.1) is 6.61 Å². The van der Waals surface area contributed by atoms with Gasteiger partial charge in [-0.1, -0.05) is 0 Å². The Hall–Kier alpha value is -1.51. The highest BCUT2D eigenvalue weighted by Crippen LogP contribution is 2.46. The molecule has 1 aliphatic rings. The van der Waals surface area contributed by atoms with Crippen LogP contribution in [0.1, 0.15) is 20.1 Å². The lowest BCUT2D eigenvalue weighted by atomic mass is 9.85. The quantitative estimate of drug-likeness (QED) is 0.635. The van der Waals surface area contributed by atoms with Gasteiger partial charge in [-0.05, 0) is 13.8 Å². The van der Waals surface area contributed by atoms with E-state index in [0.29, 0.717) is 4.57 Å². The van der Waals surface area contributed by atoms with E-state index in [1.807, 2.05) is 0 Å². The zero-order valence-corrected chi connectivity index (χ0v) is 10.5. The van der Waals surface area contributed by atoms with E-state index < -0.39 is 41.5 Å². The molecule has 0 bridgehead atoms. The molecular formula is C11H15FN2O5. The average Bonchev–Trinajstić information content (AvgIpc) is 2.48. The molecule has 0 saturated carbocycles. The molecule has 7 nitrogen and oxygen atoms in total. The minimum Gasteiger partial charge on any atom is -0.394 e. The minimum absolute atomic E-state index is 0.546. The maximum atomic E-state index is 14.7. The molecule has 8 heteroatoms. The van der Waals surface area contributed by atoms with Crippen LogP contribution >= 0.6 is 0 Å². The van der Waals surface area contributed by atoms with Crippen molar-refractivity contribution in [3.05, 3.63) is 33.1 Å². The molecule has 0 unspecified atom stereocenters. The standard InChI is InChI=1S/C11H15FN2O5/c1-10(12)8(19-6(5-15)11(10,2)18)14-7(16)3-4-13-9(14)17/h3-4,6,8,15,18H,5H2,1-2H3,(H,13,17)/t6-,8-,10+,11-/m1/s1. The first-order chi connectivity index (χ1) is 8.73. The smallest absolute Gasteiger partial charge is 0.330 e. The topological polar surface area (TPSA) is 105 Å². The van der Waals surface area contributed by atoms with Gasteiger partial charge in [0.2, 0.25) is 0 Å². The number of aromatic nitrogens is 2. The molecule has 0 aliphatic carbocycles. The number of aliphatic hydroxyl groups excluding tert-OH is 1. The number of alkyl halides is 1. The van der Waals surface area contributed by atoms with Crippen molar-refractivity contribution in [2.45, 2.75) is 37.4 Å². The number of aromatic amines is 1. The first-order valence-electron chi connectivity index (χ1n) is 5.71. The Morgan fingerprint density at radius 3 is 2.63 bits per heavy atom. The van der Waals surface area contributed by atoms with Crippen LogP contribution in [-0.4, -0.2) is 43.7 Å². The van der Waals surface area contributed by atoms with E-state index in [-0.39, 0.29) is 0 Å². The minimum atomic E-state index is -2.42. The van der Waals surface area contributed by atoms with Gasteiger partial charge < -0.3 is 19.9 Å². The van der Waals surface area contributed by atoms with Crippen molar-refractivity contribution in [3.8, 4) is 0 Å². The number of rotatable bonds is 2. The molecule has 1 aliphatic heterocycles. The molecule has 1 fully saturated rings. The predicted octanol–water partition coefficient (Wildman–Crippen LogP) is -1.09. The fourth-order valence-electron chi connectivity index (χ4n) is 2.16.